The van der Waals surface area contributed by atoms with Crippen LogP contribution in [0, 0.1) is 0 Å². The Morgan fingerprint density at radius 3 is 2.10 bits per heavy atom. The SMILES string of the molecule is CCC[N+]1(C)CCc2cc(OC)c(OC)cc2C1Cc1ccc(OC)c(OC)c1. The van der Waals surface area contributed by atoms with Gasteiger partial charge in [0.2, 0.25) is 0 Å². The minimum Gasteiger partial charge on any atom is -0.493 e. The van der Waals surface area contributed by atoms with Crippen molar-refractivity contribution in [3.63, 3.8) is 0 Å². The molecule has 0 saturated carbocycles. The van der Waals surface area contributed by atoms with Crippen LogP contribution in [0.25, 0.3) is 0 Å². The van der Waals surface area contributed by atoms with Crippen LogP contribution in [0.3, 0.4) is 0 Å². The van der Waals surface area contributed by atoms with Gasteiger partial charge >= 0.3 is 0 Å². The zero-order valence-electron chi connectivity index (χ0n) is 18.6. The first-order valence-electron chi connectivity index (χ1n) is 10.3. The molecule has 1 aliphatic heterocycles. The first-order valence-corrected chi connectivity index (χ1v) is 10.3. The van der Waals surface area contributed by atoms with E-state index in [2.05, 4.69) is 38.2 Å². The molecule has 0 bridgehead atoms. The molecular formula is C24H34NO4+. The molecule has 0 saturated heterocycles. The predicted octanol–water partition coefficient (Wildman–Crippen LogP) is 4.42. The van der Waals surface area contributed by atoms with Crippen molar-refractivity contribution in [2.75, 3.05) is 48.6 Å². The summed E-state index contributed by atoms with van der Waals surface area (Å²) in [5.74, 6) is 3.15. The maximum atomic E-state index is 5.63. The second-order valence-electron chi connectivity index (χ2n) is 7.99. The molecule has 1 aliphatic rings. The molecule has 3 rings (SSSR count). The van der Waals surface area contributed by atoms with Crippen LogP contribution in [0.5, 0.6) is 23.0 Å². The molecule has 2 unspecified atom stereocenters. The number of benzene rings is 2. The first-order chi connectivity index (χ1) is 14.0. The number of nitrogens with zero attached hydrogens (tertiary/aromatic N) is 1. The Labute approximate surface area is 174 Å². The van der Waals surface area contributed by atoms with Crippen molar-refractivity contribution < 1.29 is 23.4 Å². The topological polar surface area (TPSA) is 36.9 Å². The maximum Gasteiger partial charge on any atom is 0.161 e. The van der Waals surface area contributed by atoms with Gasteiger partial charge < -0.3 is 23.4 Å². The van der Waals surface area contributed by atoms with E-state index in [4.69, 9.17) is 18.9 Å². The molecule has 158 valence electrons. The molecule has 0 aromatic heterocycles. The van der Waals surface area contributed by atoms with E-state index in [1.165, 1.54) is 16.7 Å². The summed E-state index contributed by atoms with van der Waals surface area (Å²) in [6.07, 6.45) is 3.13. The number of hydrogen-bond acceptors (Lipinski definition) is 4. The quantitative estimate of drug-likeness (QED) is 0.615. The van der Waals surface area contributed by atoms with Crippen molar-refractivity contribution in [1.82, 2.24) is 0 Å². The third-order valence-corrected chi connectivity index (χ3v) is 6.26. The number of rotatable bonds is 8. The fourth-order valence-electron chi connectivity index (χ4n) is 4.67. The summed E-state index contributed by atoms with van der Waals surface area (Å²) in [5.41, 5.74) is 3.97. The number of quaternary nitrogens is 1. The van der Waals surface area contributed by atoms with Crippen molar-refractivity contribution in [2.24, 2.45) is 0 Å². The van der Waals surface area contributed by atoms with Crippen molar-refractivity contribution in [3.05, 3.63) is 47.0 Å². The summed E-state index contributed by atoms with van der Waals surface area (Å²) in [7, 11) is 9.15. The van der Waals surface area contributed by atoms with Gasteiger partial charge in [-0.05, 0) is 41.8 Å². The van der Waals surface area contributed by atoms with Crippen molar-refractivity contribution >= 4 is 0 Å². The summed E-state index contributed by atoms with van der Waals surface area (Å²) < 4.78 is 23.1. The molecule has 2 aromatic carbocycles. The Hall–Kier alpha value is -2.40. The third kappa shape index (κ3) is 4.15. The van der Waals surface area contributed by atoms with Gasteiger partial charge in [-0.25, -0.2) is 0 Å². The Bertz CT molecular complexity index is 851. The van der Waals surface area contributed by atoms with Gasteiger partial charge in [0.15, 0.2) is 23.0 Å². The molecule has 2 atom stereocenters. The van der Waals surface area contributed by atoms with Crippen LogP contribution in [0.2, 0.25) is 0 Å². The van der Waals surface area contributed by atoms with Gasteiger partial charge in [0, 0.05) is 18.4 Å². The van der Waals surface area contributed by atoms with Gasteiger partial charge in [0.05, 0.1) is 48.6 Å². The van der Waals surface area contributed by atoms with Gasteiger partial charge in [0.25, 0.3) is 0 Å². The molecule has 0 amide bonds. The summed E-state index contributed by atoms with van der Waals surface area (Å²) in [4.78, 5) is 0. The van der Waals surface area contributed by atoms with E-state index in [0.29, 0.717) is 6.04 Å². The van der Waals surface area contributed by atoms with Gasteiger partial charge in [-0.1, -0.05) is 13.0 Å². The van der Waals surface area contributed by atoms with Crippen LogP contribution in [0.4, 0.5) is 0 Å². The monoisotopic (exact) mass is 400 g/mol. The van der Waals surface area contributed by atoms with Gasteiger partial charge in [-0.3, -0.25) is 0 Å². The van der Waals surface area contributed by atoms with E-state index in [1.54, 1.807) is 28.4 Å². The standard InChI is InChI=1S/C24H34NO4/c1-7-11-25(2)12-10-18-15-23(28-5)24(29-6)16-19(18)20(25)13-17-8-9-21(26-3)22(14-17)27-4/h8-9,14-16,20H,7,10-13H2,1-6H3/q+1. The Kier molecular flexibility index (Phi) is 6.58. The molecule has 5 heteroatoms. The summed E-state index contributed by atoms with van der Waals surface area (Å²) >= 11 is 0. The van der Waals surface area contributed by atoms with Crippen LogP contribution >= 0.6 is 0 Å². The molecule has 0 aliphatic carbocycles. The fourth-order valence-corrected chi connectivity index (χ4v) is 4.67. The number of likely N-dealkylation sites (N-methyl/N-ethyl adjacent to an activating group) is 1. The highest BCUT2D eigenvalue weighted by atomic mass is 16.5. The first kappa shape index (κ1) is 21.3. The van der Waals surface area contributed by atoms with E-state index in [-0.39, 0.29) is 0 Å². The normalized spacial score (nSPS) is 20.7. The average Bonchev–Trinajstić information content (AvgIpc) is 2.74. The highest BCUT2D eigenvalue weighted by Crippen LogP contribution is 2.43. The van der Waals surface area contributed by atoms with Gasteiger partial charge in [0.1, 0.15) is 6.04 Å². The Morgan fingerprint density at radius 1 is 0.862 bits per heavy atom. The highest BCUT2D eigenvalue weighted by molar-refractivity contribution is 5.50. The lowest BCUT2D eigenvalue weighted by atomic mass is 9.86. The van der Waals surface area contributed by atoms with E-state index < -0.39 is 0 Å². The number of fused-ring (bicyclic) bond motifs is 1. The van der Waals surface area contributed by atoms with Crippen LogP contribution in [0.1, 0.15) is 36.1 Å². The largest absolute Gasteiger partial charge is 0.493 e. The van der Waals surface area contributed by atoms with Crippen molar-refractivity contribution in [1.29, 1.82) is 0 Å². The zero-order chi connectivity index (χ0) is 21.0. The van der Waals surface area contributed by atoms with Gasteiger partial charge in [-0.2, -0.15) is 0 Å². The zero-order valence-corrected chi connectivity index (χ0v) is 18.6. The second kappa shape index (κ2) is 8.95. The molecule has 0 spiro atoms. The lowest BCUT2D eigenvalue weighted by Gasteiger charge is -2.46. The second-order valence-corrected chi connectivity index (χ2v) is 7.99. The Morgan fingerprint density at radius 2 is 1.48 bits per heavy atom. The highest BCUT2D eigenvalue weighted by Gasteiger charge is 2.39. The van der Waals surface area contributed by atoms with Gasteiger partial charge in [-0.15, -0.1) is 0 Å². The average molecular weight is 401 g/mol. The number of hydrogen-bond donors (Lipinski definition) is 0. The minimum atomic E-state index is 0.344. The van der Waals surface area contributed by atoms with Crippen LogP contribution in [0.15, 0.2) is 30.3 Å². The molecule has 0 radical (unpaired) electrons. The molecule has 1 heterocycles. The Balaban J connectivity index is 2.06. The molecule has 5 nitrogen and oxygen atoms in total. The third-order valence-electron chi connectivity index (χ3n) is 6.26. The predicted molar refractivity (Wildman–Crippen MR) is 115 cm³/mol. The number of methoxy groups -OCH3 is 4. The molecule has 0 N–H and O–H groups in total. The van der Waals surface area contributed by atoms with E-state index in [0.717, 1.165) is 59.8 Å². The molecule has 29 heavy (non-hydrogen) atoms. The molecule has 2 aromatic rings. The molecule has 0 fully saturated rings. The van der Waals surface area contributed by atoms with E-state index in [1.807, 2.05) is 6.07 Å². The maximum absolute atomic E-state index is 5.63. The summed E-state index contributed by atoms with van der Waals surface area (Å²) in [6, 6.07) is 10.9. The van der Waals surface area contributed by atoms with Crippen molar-refractivity contribution in [2.45, 2.75) is 32.2 Å². The summed E-state index contributed by atoms with van der Waals surface area (Å²) in [5, 5.41) is 0. The lowest BCUT2D eigenvalue weighted by Crippen LogP contribution is -2.52. The number of ether oxygens (including phenoxy) is 4. The fraction of sp³-hybridized carbons (Fsp3) is 0.500. The van der Waals surface area contributed by atoms with Crippen LogP contribution in [-0.4, -0.2) is 53.1 Å². The van der Waals surface area contributed by atoms with E-state index in [9.17, 15) is 0 Å². The van der Waals surface area contributed by atoms with Crippen LogP contribution < -0.4 is 18.9 Å². The van der Waals surface area contributed by atoms with Crippen LogP contribution in [-0.2, 0) is 12.8 Å². The lowest BCUT2D eigenvalue weighted by molar-refractivity contribution is -0.941. The molecular weight excluding hydrogens is 366 g/mol. The minimum absolute atomic E-state index is 0.344. The summed E-state index contributed by atoms with van der Waals surface area (Å²) in [6.45, 7) is 4.53. The smallest absolute Gasteiger partial charge is 0.161 e. The van der Waals surface area contributed by atoms with Crippen molar-refractivity contribution in [3.8, 4) is 23.0 Å². The van der Waals surface area contributed by atoms with E-state index >= 15 is 0 Å².